The molecule has 0 unspecified atom stereocenters. The van der Waals surface area contributed by atoms with Gasteiger partial charge in [-0.05, 0) is 0 Å². The Labute approximate surface area is 108 Å². The number of rotatable bonds is 4. The van der Waals surface area contributed by atoms with Crippen molar-refractivity contribution >= 4 is 11.8 Å². The lowest BCUT2D eigenvalue weighted by molar-refractivity contribution is -0.385. The lowest BCUT2D eigenvalue weighted by atomic mass is 10.4. The monoisotopic (exact) mass is 270 g/mol. The highest BCUT2D eigenvalue weighted by Crippen LogP contribution is 2.07. The van der Waals surface area contributed by atoms with Crippen LogP contribution >= 0.6 is 0 Å². The molecule has 0 aromatic carbocycles. The van der Waals surface area contributed by atoms with Crippen molar-refractivity contribution in [2.45, 2.75) is 6.54 Å². The summed E-state index contributed by atoms with van der Waals surface area (Å²) in [5, 5.41) is 14.4. The molecule has 1 aliphatic heterocycles. The highest BCUT2D eigenvalue weighted by atomic mass is 16.6. The molecule has 0 N–H and O–H groups in total. The van der Waals surface area contributed by atoms with E-state index in [9.17, 15) is 10.1 Å². The maximum atomic E-state index is 10.4. The summed E-state index contributed by atoms with van der Waals surface area (Å²) in [6.07, 6.45) is 2.99. The van der Waals surface area contributed by atoms with E-state index in [1.54, 1.807) is 4.68 Å². The molecule has 0 spiro atoms. The Balaban J connectivity index is 0.000000550. The topological polar surface area (TPSA) is 108 Å². The highest BCUT2D eigenvalue weighted by molar-refractivity contribution is 5.20. The fourth-order valence-corrected chi connectivity index (χ4v) is 1.64. The second-order valence-electron chi connectivity index (χ2n) is 3.76. The number of nitrogens with zero attached hydrogens (tertiary/aromatic N) is 4. The quantitative estimate of drug-likeness (QED) is 0.538. The number of hydrogen-bond donors (Lipinski definition) is 0. The van der Waals surface area contributed by atoms with Crippen LogP contribution in [0.2, 0.25) is 0 Å². The van der Waals surface area contributed by atoms with E-state index in [0.29, 0.717) is 6.54 Å². The van der Waals surface area contributed by atoms with E-state index < -0.39 is 4.92 Å². The molecule has 0 atom stereocenters. The first kappa shape index (κ1) is 15.0. The van der Waals surface area contributed by atoms with Gasteiger partial charge in [0.1, 0.15) is 12.4 Å². The summed E-state index contributed by atoms with van der Waals surface area (Å²) in [6.45, 7) is 4.89. The van der Waals surface area contributed by atoms with Gasteiger partial charge >= 0.3 is 11.8 Å². The van der Waals surface area contributed by atoms with Gasteiger partial charge in [-0.3, -0.25) is 19.7 Å². The zero-order valence-electron chi connectivity index (χ0n) is 10.2. The van der Waals surface area contributed by atoms with E-state index >= 15 is 0 Å². The third-order valence-corrected chi connectivity index (χ3v) is 2.58. The van der Waals surface area contributed by atoms with Crippen molar-refractivity contribution in [3.05, 3.63) is 22.5 Å². The molecule has 1 aromatic heterocycles. The molecule has 0 amide bonds. The van der Waals surface area contributed by atoms with Gasteiger partial charge in [-0.1, -0.05) is 0 Å². The predicted molar refractivity (Wildman–Crippen MR) is 61.1 cm³/mol. The van der Waals surface area contributed by atoms with Crippen LogP contribution in [0.1, 0.15) is 0 Å². The standard InChI is InChI=1S/C9H14N4O3.CO2/c14-13(15)9-7-10-12(8-9)2-1-11-3-5-16-6-4-11;2-1-3/h7-8H,1-6H2;. The zero-order valence-corrected chi connectivity index (χ0v) is 10.2. The molecule has 0 radical (unpaired) electrons. The maximum absolute atomic E-state index is 10.4. The fourth-order valence-electron chi connectivity index (χ4n) is 1.64. The molecule has 0 saturated carbocycles. The summed E-state index contributed by atoms with van der Waals surface area (Å²) in [4.78, 5) is 28.5. The van der Waals surface area contributed by atoms with Crippen LogP contribution in [0, 0.1) is 10.1 Å². The average molecular weight is 270 g/mol. The minimum absolute atomic E-state index is 0.0435. The third-order valence-electron chi connectivity index (χ3n) is 2.58. The summed E-state index contributed by atoms with van der Waals surface area (Å²) in [7, 11) is 0. The van der Waals surface area contributed by atoms with Crippen molar-refractivity contribution in [3.63, 3.8) is 0 Å². The molecule has 104 valence electrons. The Hall–Kier alpha value is -2.09. The minimum Gasteiger partial charge on any atom is -0.379 e. The summed E-state index contributed by atoms with van der Waals surface area (Å²) >= 11 is 0. The molecule has 9 heteroatoms. The SMILES string of the molecule is O=C=O.O=[N+]([O-])c1cnn(CCN2CCOCC2)c1. The molecule has 1 fully saturated rings. The number of ether oxygens (including phenoxy) is 1. The van der Waals surface area contributed by atoms with Gasteiger partial charge in [0.2, 0.25) is 0 Å². The van der Waals surface area contributed by atoms with Crippen molar-refractivity contribution in [2.24, 2.45) is 0 Å². The van der Waals surface area contributed by atoms with Gasteiger partial charge in [0.25, 0.3) is 0 Å². The van der Waals surface area contributed by atoms with Crippen molar-refractivity contribution in [1.82, 2.24) is 14.7 Å². The first-order chi connectivity index (χ1) is 9.17. The van der Waals surface area contributed by atoms with Crippen molar-refractivity contribution in [1.29, 1.82) is 0 Å². The van der Waals surface area contributed by atoms with Crippen LogP contribution < -0.4 is 0 Å². The molecule has 0 aliphatic carbocycles. The second-order valence-corrected chi connectivity index (χ2v) is 3.76. The molecule has 2 heterocycles. The van der Waals surface area contributed by atoms with E-state index in [1.165, 1.54) is 12.4 Å². The summed E-state index contributed by atoms with van der Waals surface area (Å²) in [5.41, 5.74) is 0.0435. The van der Waals surface area contributed by atoms with E-state index in [2.05, 4.69) is 10.00 Å². The van der Waals surface area contributed by atoms with Gasteiger partial charge in [0.05, 0.1) is 24.7 Å². The number of hydrogen-bond acceptors (Lipinski definition) is 7. The molecule has 2 rings (SSSR count). The Kier molecular flexibility index (Phi) is 6.37. The van der Waals surface area contributed by atoms with Gasteiger partial charge in [0, 0.05) is 19.6 Å². The molecule has 1 aromatic rings. The average Bonchev–Trinajstić information content (AvgIpc) is 2.87. The molecule has 9 nitrogen and oxygen atoms in total. The van der Waals surface area contributed by atoms with Crippen molar-refractivity contribution in [3.8, 4) is 0 Å². The predicted octanol–water partition coefficient (Wildman–Crippen LogP) is -0.460. The van der Waals surface area contributed by atoms with Gasteiger partial charge in [0.15, 0.2) is 0 Å². The second kappa shape index (κ2) is 8.09. The molecule has 0 bridgehead atoms. The fraction of sp³-hybridized carbons (Fsp3) is 0.600. The van der Waals surface area contributed by atoms with Gasteiger partial charge in [-0.25, -0.2) is 0 Å². The van der Waals surface area contributed by atoms with Crippen LogP contribution in [0.3, 0.4) is 0 Å². The Morgan fingerprint density at radius 3 is 2.53 bits per heavy atom. The highest BCUT2D eigenvalue weighted by Gasteiger charge is 2.12. The van der Waals surface area contributed by atoms with E-state index in [0.717, 1.165) is 32.8 Å². The lowest BCUT2D eigenvalue weighted by Gasteiger charge is -2.26. The van der Waals surface area contributed by atoms with Gasteiger partial charge in [-0.15, -0.1) is 0 Å². The Morgan fingerprint density at radius 2 is 2.00 bits per heavy atom. The van der Waals surface area contributed by atoms with Crippen molar-refractivity contribution < 1.29 is 19.2 Å². The van der Waals surface area contributed by atoms with Crippen LogP contribution in [0.15, 0.2) is 12.4 Å². The van der Waals surface area contributed by atoms with E-state index in [-0.39, 0.29) is 11.8 Å². The van der Waals surface area contributed by atoms with Crippen LogP contribution in [0.4, 0.5) is 5.69 Å². The first-order valence-corrected chi connectivity index (χ1v) is 5.63. The Bertz CT molecular complexity index is 435. The molecule has 1 aliphatic rings. The van der Waals surface area contributed by atoms with Crippen LogP contribution in [-0.4, -0.2) is 58.6 Å². The Morgan fingerprint density at radius 1 is 1.37 bits per heavy atom. The minimum atomic E-state index is -0.432. The maximum Gasteiger partial charge on any atom is 0.373 e. The number of aromatic nitrogens is 2. The van der Waals surface area contributed by atoms with E-state index in [1.807, 2.05) is 0 Å². The summed E-state index contributed by atoms with van der Waals surface area (Å²) < 4.78 is 6.84. The van der Waals surface area contributed by atoms with Crippen LogP contribution in [-0.2, 0) is 20.9 Å². The number of morpholine rings is 1. The van der Waals surface area contributed by atoms with Gasteiger partial charge < -0.3 is 4.74 Å². The number of carbonyl (C=O) groups excluding carboxylic acids is 2. The van der Waals surface area contributed by atoms with Crippen LogP contribution in [0.5, 0.6) is 0 Å². The molecule has 1 saturated heterocycles. The van der Waals surface area contributed by atoms with Crippen LogP contribution in [0.25, 0.3) is 0 Å². The van der Waals surface area contributed by atoms with Gasteiger partial charge in [-0.2, -0.15) is 14.7 Å². The molecular formula is C10H14N4O5. The smallest absolute Gasteiger partial charge is 0.373 e. The zero-order chi connectivity index (χ0) is 14.1. The van der Waals surface area contributed by atoms with Crippen molar-refractivity contribution in [2.75, 3.05) is 32.8 Å². The largest absolute Gasteiger partial charge is 0.379 e. The third kappa shape index (κ3) is 5.38. The summed E-state index contributed by atoms with van der Waals surface area (Å²) in [5.74, 6) is 0. The normalized spacial score (nSPS) is 15.2. The number of nitro groups is 1. The summed E-state index contributed by atoms with van der Waals surface area (Å²) in [6, 6.07) is 0. The molecule has 19 heavy (non-hydrogen) atoms. The first-order valence-electron chi connectivity index (χ1n) is 5.63. The lowest BCUT2D eigenvalue weighted by Crippen LogP contribution is -2.38. The molecular weight excluding hydrogens is 256 g/mol. The van der Waals surface area contributed by atoms with E-state index in [4.69, 9.17) is 14.3 Å².